The van der Waals surface area contributed by atoms with Crippen molar-refractivity contribution in [1.29, 1.82) is 0 Å². The summed E-state index contributed by atoms with van der Waals surface area (Å²) in [7, 11) is 0. The molecule has 0 aliphatic heterocycles. The molecule has 0 unspecified atom stereocenters. The molecule has 4 aromatic rings. The molecular formula is C20H17ClN4S3. The Labute approximate surface area is 181 Å². The van der Waals surface area contributed by atoms with Crippen LogP contribution in [0, 0.1) is 13.8 Å². The SMILES string of the molecule is Cc1nc(C)c(-c2csc(Nc3ccc(SCc4ccc(Cl)cc4)cn3)n2)s1. The summed E-state index contributed by atoms with van der Waals surface area (Å²) in [5.74, 6) is 1.67. The number of pyridine rings is 1. The third-order valence-electron chi connectivity index (χ3n) is 3.93. The minimum atomic E-state index is 0.761. The second kappa shape index (κ2) is 8.61. The van der Waals surface area contributed by atoms with E-state index in [4.69, 9.17) is 11.6 Å². The predicted molar refractivity (Wildman–Crippen MR) is 121 cm³/mol. The first-order valence-corrected chi connectivity index (χ1v) is 11.6. The van der Waals surface area contributed by atoms with E-state index >= 15 is 0 Å². The zero-order chi connectivity index (χ0) is 19.5. The number of aryl methyl sites for hydroxylation is 2. The van der Waals surface area contributed by atoms with Gasteiger partial charge in [-0.1, -0.05) is 23.7 Å². The molecule has 0 amide bonds. The minimum Gasteiger partial charge on any atom is -0.316 e. The zero-order valence-electron chi connectivity index (χ0n) is 15.3. The Hall–Kier alpha value is -1.93. The van der Waals surface area contributed by atoms with Crippen LogP contribution in [0.25, 0.3) is 10.6 Å². The van der Waals surface area contributed by atoms with Crippen molar-refractivity contribution in [3.63, 3.8) is 0 Å². The molecule has 1 aromatic carbocycles. The van der Waals surface area contributed by atoms with Crippen molar-refractivity contribution in [2.24, 2.45) is 0 Å². The second-order valence-corrected chi connectivity index (χ2v) is 9.65. The Morgan fingerprint density at radius 2 is 1.89 bits per heavy atom. The van der Waals surface area contributed by atoms with Crippen LogP contribution in [-0.4, -0.2) is 15.0 Å². The quantitative estimate of drug-likeness (QED) is 0.325. The van der Waals surface area contributed by atoms with Crippen molar-refractivity contribution < 1.29 is 0 Å². The number of benzene rings is 1. The third kappa shape index (κ3) is 4.72. The van der Waals surface area contributed by atoms with E-state index in [1.165, 1.54) is 5.56 Å². The normalized spacial score (nSPS) is 11.0. The number of aromatic nitrogens is 3. The topological polar surface area (TPSA) is 50.7 Å². The largest absolute Gasteiger partial charge is 0.316 e. The summed E-state index contributed by atoms with van der Waals surface area (Å²) in [6, 6.07) is 12.0. The van der Waals surface area contributed by atoms with Gasteiger partial charge in [-0.15, -0.1) is 34.4 Å². The monoisotopic (exact) mass is 444 g/mol. The molecule has 8 heteroatoms. The van der Waals surface area contributed by atoms with Crippen molar-refractivity contribution >= 4 is 57.0 Å². The fraction of sp³-hybridized carbons (Fsp3) is 0.150. The molecule has 0 aliphatic rings. The molecule has 4 rings (SSSR count). The molecule has 3 heterocycles. The Bertz CT molecular complexity index is 1070. The average molecular weight is 445 g/mol. The second-order valence-electron chi connectivity index (χ2n) is 6.10. The maximum Gasteiger partial charge on any atom is 0.188 e. The Balaban J connectivity index is 1.38. The summed E-state index contributed by atoms with van der Waals surface area (Å²) >= 11 is 10.9. The number of nitrogens with zero attached hydrogens (tertiary/aromatic N) is 3. The Kier molecular flexibility index (Phi) is 5.96. The number of thioether (sulfide) groups is 1. The highest BCUT2D eigenvalue weighted by molar-refractivity contribution is 7.98. The minimum absolute atomic E-state index is 0.761. The molecule has 0 bridgehead atoms. The third-order valence-corrected chi connectivity index (χ3v) is 7.09. The molecule has 1 N–H and O–H groups in total. The van der Waals surface area contributed by atoms with Gasteiger partial charge in [0.15, 0.2) is 5.13 Å². The highest BCUT2D eigenvalue weighted by Gasteiger charge is 2.11. The van der Waals surface area contributed by atoms with Crippen molar-refractivity contribution in [3.05, 3.63) is 69.3 Å². The summed E-state index contributed by atoms with van der Waals surface area (Å²) < 4.78 is 0. The highest BCUT2D eigenvalue weighted by atomic mass is 35.5. The lowest BCUT2D eigenvalue weighted by atomic mass is 10.2. The van der Waals surface area contributed by atoms with Crippen LogP contribution in [0.1, 0.15) is 16.3 Å². The summed E-state index contributed by atoms with van der Waals surface area (Å²) in [5, 5.41) is 7.99. The van der Waals surface area contributed by atoms with Crippen molar-refractivity contribution in [2.45, 2.75) is 24.5 Å². The standard InChI is InChI=1S/C20H17ClN4S3/c1-12-19(28-13(2)23-12)17-11-27-20(24-17)25-18-8-7-16(9-22-18)26-10-14-3-5-15(21)6-4-14/h3-9,11H,10H2,1-2H3,(H,22,24,25). The van der Waals surface area contributed by atoms with Crippen LogP contribution in [0.5, 0.6) is 0 Å². The maximum atomic E-state index is 5.93. The summed E-state index contributed by atoms with van der Waals surface area (Å²) in [6.45, 7) is 4.04. The van der Waals surface area contributed by atoms with Crippen molar-refractivity contribution in [2.75, 3.05) is 5.32 Å². The van der Waals surface area contributed by atoms with Crippen LogP contribution in [0.15, 0.2) is 52.9 Å². The number of rotatable bonds is 6. The van der Waals surface area contributed by atoms with Crippen LogP contribution in [0.4, 0.5) is 10.9 Å². The van der Waals surface area contributed by atoms with Gasteiger partial charge in [-0.2, -0.15) is 0 Å². The first-order chi connectivity index (χ1) is 13.6. The Morgan fingerprint density at radius 1 is 1.07 bits per heavy atom. The molecule has 0 saturated carbocycles. The lowest BCUT2D eigenvalue weighted by Crippen LogP contribution is -1.92. The van der Waals surface area contributed by atoms with E-state index in [-0.39, 0.29) is 0 Å². The lowest BCUT2D eigenvalue weighted by Gasteiger charge is -2.04. The van der Waals surface area contributed by atoms with Gasteiger partial charge in [0, 0.05) is 27.2 Å². The van der Waals surface area contributed by atoms with E-state index in [0.717, 1.165) is 47.9 Å². The van der Waals surface area contributed by atoms with Gasteiger partial charge in [-0.05, 0) is 43.7 Å². The Morgan fingerprint density at radius 3 is 2.57 bits per heavy atom. The number of anilines is 2. The van der Waals surface area contributed by atoms with Gasteiger partial charge in [0.2, 0.25) is 0 Å². The summed E-state index contributed by atoms with van der Waals surface area (Å²) in [5.41, 5.74) is 3.23. The van der Waals surface area contributed by atoms with Gasteiger partial charge < -0.3 is 5.32 Å². The van der Waals surface area contributed by atoms with Gasteiger partial charge >= 0.3 is 0 Å². The molecule has 0 radical (unpaired) electrons. The van der Waals surface area contributed by atoms with Gasteiger partial charge in [0.1, 0.15) is 5.82 Å². The number of hydrogen-bond acceptors (Lipinski definition) is 7. The lowest BCUT2D eigenvalue weighted by molar-refractivity contribution is 1.20. The van der Waals surface area contributed by atoms with Crippen LogP contribution >= 0.6 is 46.0 Å². The molecule has 0 atom stereocenters. The molecule has 0 spiro atoms. The van der Waals surface area contributed by atoms with E-state index in [9.17, 15) is 0 Å². The smallest absolute Gasteiger partial charge is 0.188 e. The van der Waals surface area contributed by atoms with E-state index in [2.05, 4.69) is 31.7 Å². The van der Waals surface area contributed by atoms with E-state index < -0.39 is 0 Å². The van der Waals surface area contributed by atoms with Crippen molar-refractivity contribution in [3.8, 4) is 10.6 Å². The number of thiazole rings is 2. The number of halogens is 1. The van der Waals surface area contributed by atoms with E-state index in [0.29, 0.717) is 0 Å². The predicted octanol–water partition coefficient (Wildman–Crippen LogP) is 6.97. The van der Waals surface area contributed by atoms with E-state index in [1.807, 2.05) is 50.4 Å². The molecule has 0 aliphatic carbocycles. The molecule has 3 aromatic heterocycles. The number of nitrogens with one attached hydrogen (secondary N) is 1. The van der Waals surface area contributed by atoms with Gasteiger partial charge in [-0.3, -0.25) is 0 Å². The molecule has 28 heavy (non-hydrogen) atoms. The summed E-state index contributed by atoms with van der Waals surface area (Å²) in [6.07, 6.45) is 1.88. The fourth-order valence-corrected chi connectivity index (χ4v) is 5.21. The average Bonchev–Trinajstić information content (AvgIpc) is 3.28. The maximum absolute atomic E-state index is 5.93. The molecule has 0 saturated heterocycles. The van der Waals surface area contributed by atoms with Crippen LogP contribution < -0.4 is 5.32 Å². The van der Waals surface area contributed by atoms with Crippen molar-refractivity contribution in [1.82, 2.24) is 15.0 Å². The molecular weight excluding hydrogens is 428 g/mol. The molecule has 4 nitrogen and oxygen atoms in total. The number of hydrogen-bond donors (Lipinski definition) is 1. The first kappa shape index (κ1) is 19.4. The van der Waals surface area contributed by atoms with E-state index in [1.54, 1.807) is 34.4 Å². The highest BCUT2D eigenvalue weighted by Crippen LogP contribution is 2.33. The van der Waals surface area contributed by atoms with Gasteiger partial charge in [0.05, 0.1) is 21.3 Å². The van der Waals surface area contributed by atoms with Crippen LogP contribution in [0.3, 0.4) is 0 Å². The zero-order valence-corrected chi connectivity index (χ0v) is 18.5. The molecule has 142 valence electrons. The van der Waals surface area contributed by atoms with Crippen LogP contribution in [0.2, 0.25) is 5.02 Å². The molecule has 0 fully saturated rings. The summed E-state index contributed by atoms with van der Waals surface area (Å²) in [4.78, 5) is 15.9. The van der Waals surface area contributed by atoms with Gasteiger partial charge in [0.25, 0.3) is 0 Å². The van der Waals surface area contributed by atoms with Crippen LogP contribution in [-0.2, 0) is 5.75 Å². The van der Waals surface area contributed by atoms with Gasteiger partial charge in [-0.25, -0.2) is 15.0 Å². The first-order valence-electron chi connectivity index (χ1n) is 8.57. The fourth-order valence-electron chi connectivity index (χ4n) is 2.60.